The van der Waals surface area contributed by atoms with Gasteiger partial charge >= 0.3 is 6.09 Å². The van der Waals surface area contributed by atoms with E-state index >= 15 is 0 Å². The molecule has 114 valence electrons. The summed E-state index contributed by atoms with van der Waals surface area (Å²) in [4.78, 5) is 31.1. The van der Waals surface area contributed by atoms with Gasteiger partial charge in [-0.3, -0.25) is 9.69 Å². The summed E-state index contributed by atoms with van der Waals surface area (Å²) >= 11 is 0. The highest BCUT2D eigenvalue weighted by atomic mass is 16.6. The molecule has 0 saturated carbocycles. The van der Waals surface area contributed by atoms with Crippen molar-refractivity contribution in [2.75, 3.05) is 26.2 Å². The predicted octanol–water partition coefficient (Wildman–Crippen LogP) is 1.75. The fourth-order valence-electron chi connectivity index (χ4n) is 3.33. The number of piperazine rings is 1. The number of hydrogen-bond acceptors (Lipinski definition) is 3. The summed E-state index contributed by atoms with van der Waals surface area (Å²) in [6, 6.07) is 7.89. The molecule has 1 unspecified atom stereocenters. The lowest BCUT2D eigenvalue weighted by Gasteiger charge is -2.35. The number of aromatic amines is 1. The number of para-hydroxylation sites is 1. The van der Waals surface area contributed by atoms with Crippen LogP contribution >= 0.6 is 0 Å². The number of carbonyl (C=O) groups is 2. The Bertz CT molecular complexity index is 767. The summed E-state index contributed by atoms with van der Waals surface area (Å²) in [6.07, 6.45) is -0.265. The van der Waals surface area contributed by atoms with E-state index in [0.29, 0.717) is 31.9 Å². The zero-order valence-electron chi connectivity index (χ0n) is 12.3. The summed E-state index contributed by atoms with van der Waals surface area (Å²) in [5.41, 5.74) is 2.59. The fourth-order valence-corrected chi connectivity index (χ4v) is 3.33. The summed E-state index contributed by atoms with van der Waals surface area (Å²) in [5, 5.41) is 1.07. The quantitative estimate of drug-likeness (QED) is 0.872. The van der Waals surface area contributed by atoms with E-state index < -0.39 is 0 Å². The Hall–Kier alpha value is -2.50. The zero-order chi connectivity index (χ0) is 15.3. The second kappa shape index (κ2) is 4.76. The van der Waals surface area contributed by atoms with Gasteiger partial charge in [0.15, 0.2) is 0 Å². The van der Waals surface area contributed by atoms with Gasteiger partial charge in [0, 0.05) is 30.5 Å². The molecule has 3 heterocycles. The van der Waals surface area contributed by atoms with Crippen LogP contribution in [0.15, 0.2) is 24.3 Å². The molecule has 1 aromatic heterocycles. The van der Waals surface area contributed by atoms with Gasteiger partial charge in [-0.15, -0.1) is 0 Å². The molecule has 0 spiro atoms. The van der Waals surface area contributed by atoms with Crippen LogP contribution in [0.5, 0.6) is 0 Å². The molecule has 2 fully saturated rings. The van der Waals surface area contributed by atoms with E-state index in [1.165, 1.54) is 0 Å². The van der Waals surface area contributed by atoms with Gasteiger partial charge in [-0.05, 0) is 18.6 Å². The number of ether oxygens (including phenoxy) is 1. The molecule has 22 heavy (non-hydrogen) atoms. The zero-order valence-corrected chi connectivity index (χ0v) is 12.3. The molecular formula is C16H17N3O3. The number of cyclic esters (lactones) is 1. The fraction of sp³-hybridized carbons (Fsp3) is 0.375. The van der Waals surface area contributed by atoms with Crippen LogP contribution in [0.2, 0.25) is 0 Å². The van der Waals surface area contributed by atoms with E-state index in [1.807, 2.05) is 31.2 Å². The number of benzene rings is 1. The first-order valence-corrected chi connectivity index (χ1v) is 7.45. The van der Waals surface area contributed by atoms with Crippen LogP contribution < -0.4 is 0 Å². The Morgan fingerprint density at radius 2 is 2.14 bits per heavy atom. The average molecular weight is 299 g/mol. The lowest BCUT2D eigenvalue weighted by molar-refractivity contribution is 0.0611. The molecule has 2 saturated heterocycles. The molecule has 0 bridgehead atoms. The Balaban J connectivity index is 1.61. The number of hydrogen-bond donors (Lipinski definition) is 1. The van der Waals surface area contributed by atoms with Crippen LogP contribution in [-0.4, -0.2) is 59.1 Å². The molecule has 1 N–H and O–H groups in total. The van der Waals surface area contributed by atoms with Crippen molar-refractivity contribution in [3.05, 3.63) is 35.5 Å². The van der Waals surface area contributed by atoms with Gasteiger partial charge in [0.25, 0.3) is 5.91 Å². The van der Waals surface area contributed by atoms with Crippen LogP contribution in [-0.2, 0) is 4.74 Å². The molecule has 1 atom stereocenters. The van der Waals surface area contributed by atoms with Gasteiger partial charge in [-0.1, -0.05) is 18.2 Å². The van der Waals surface area contributed by atoms with Crippen LogP contribution in [0.1, 0.15) is 16.1 Å². The largest absolute Gasteiger partial charge is 0.447 e. The number of H-pyrrole nitrogens is 1. The Morgan fingerprint density at radius 3 is 2.95 bits per heavy atom. The molecular weight excluding hydrogens is 282 g/mol. The molecule has 4 rings (SSSR count). The number of aromatic nitrogens is 1. The number of amides is 2. The molecule has 0 aliphatic carbocycles. The molecule has 2 aliphatic heterocycles. The number of nitrogens with zero attached hydrogens (tertiary/aromatic N) is 2. The molecule has 1 aromatic carbocycles. The molecule has 2 aliphatic rings. The van der Waals surface area contributed by atoms with Gasteiger partial charge < -0.3 is 14.6 Å². The van der Waals surface area contributed by atoms with Gasteiger partial charge in [-0.2, -0.15) is 0 Å². The van der Waals surface area contributed by atoms with E-state index in [4.69, 9.17) is 4.74 Å². The standard InChI is InChI=1S/C16H17N3O3/c1-10-12-4-2-3-5-13(12)17-14(10)15(20)18-6-7-19-11(8-18)9-22-16(19)21/h2-5,11,17H,6-9H2,1H3. The highest BCUT2D eigenvalue weighted by molar-refractivity contribution is 6.01. The normalized spacial score (nSPS) is 21.1. The minimum Gasteiger partial charge on any atom is -0.447 e. The third-order valence-electron chi connectivity index (χ3n) is 4.58. The average Bonchev–Trinajstić information content (AvgIpc) is 3.08. The molecule has 2 amide bonds. The maximum absolute atomic E-state index is 12.8. The number of fused-ring (bicyclic) bond motifs is 2. The lowest BCUT2D eigenvalue weighted by Crippen LogP contribution is -2.53. The first-order valence-electron chi connectivity index (χ1n) is 7.45. The molecule has 2 aromatic rings. The summed E-state index contributed by atoms with van der Waals surface area (Å²) in [5.74, 6) is -0.00676. The highest BCUT2D eigenvalue weighted by Crippen LogP contribution is 2.24. The maximum Gasteiger partial charge on any atom is 0.410 e. The maximum atomic E-state index is 12.8. The first kappa shape index (κ1) is 13.2. The molecule has 6 heteroatoms. The van der Waals surface area contributed by atoms with Crippen molar-refractivity contribution in [2.45, 2.75) is 13.0 Å². The van der Waals surface area contributed by atoms with E-state index in [1.54, 1.807) is 9.80 Å². The van der Waals surface area contributed by atoms with Crippen molar-refractivity contribution in [2.24, 2.45) is 0 Å². The van der Waals surface area contributed by atoms with E-state index in [9.17, 15) is 9.59 Å². The number of nitrogens with one attached hydrogen (secondary N) is 1. The van der Waals surface area contributed by atoms with Gasteiger partial charge in [0.2, 0.25) is 0 Å². The van der Waals surface area contributed by atoms with Crippen LogP contribution in [0.3, 0.4) is 0 Å². The van der Waals surface area contributed by atoms with Gasteiger partial charge in [0.05, 0.1) is 6.04 Å². The van der Waals surface area contributed by atoms with E-state index in [-0.39, 0.29) is 18.0 Å². The minimum atomic E-state index is -0.265. The smallest absolute Gasteiger partial charge is 0.410 e. The summed E-state index contributed by atoms with van der Waals surface area (Å²) < 4.78 is 5.05. The van der Waals surface area contributed by atoms with Crippen molar-refractivity contribution < 1.29 is 14.3 Å². The Labute approximate surface area is 127 Å². The first-order chi connectivity index (χ1) is 10.6. The summed E-state index contributed by atoms with van der Waals surface area (Å²) in [7, 11) is 0. The van der Waals surface area contributed by atoms with Crippen LogP contribution in [0, 0.1) is 6.92 Å². The second-order valence-electron chi connectivity index (χ2n) is 5.85. The Kier molecular flexibility index (Phi) is 2.85. The minimum absolute atomic E-state index is 0.00676. The van der Waals surface area contributed by atoms with E-state index in [2.05, 4.69) is 4.98 Å². The monoisotopic (exact) mass is 299 g/mol. The number of rotatable bonds is 1. The third kappa shape index (κ3) is 1.87. The second-order valence-corrected chi connectivity index (χ2v) is 5.85. The summed E-state index contributed by atoms with van der Waals surface area (Å²) in [6.45, 7) is 3.94. The molecule has 0 radical (unpaired) electrons. The topological polar surface area (TPSA) is 65.6 Å². The van der Waals surface area contributed by atoms with Crippen molar-refractivity contribution in [1.29, 1.82) is 0 Å². The number of aryl methyl sites for hydroxylation is 1. The number of carbonyl (C=O) groups excluding carboxylic acids is 2. The van der Waals surface area contributed by atoms with Gasteiger partial charge in [0.1, 0.15) is 12.3 Å². The molecule has 6 nitrogen and oxygen atoms in total. The predicted molar refractivity (Wildman–Crippen MR) is 80.8 cm³/mol. The van der Waals surface area contributed by atoms with Crippen molar-refractivity contribution in [3.8, 4) is 0 Å². The van der Waals surface area contributed by atoms with Crippen molar-refractivity contribution in [3.63, 3.8) is 0 Å². The lowest BCUT2D eigenvalue weighted by atomic mass is 10.1. The van der Waals surface area contributed by atoms with Gasteiger partial charge in [-0.25, -0.2) is 4.79 Å². The SMILES string of the molecule is Cc1c(C(=O)N2CCN3C(=O)OCC3C2)[nH]c2ccccc12. The Morgan fingerprint density at radius 1 is 1.32 bits per heavy atom. The van der Waals surface area contributed by atoms with Crippen LogP contribution in [0.25, 0.3) is 10.9 Å². The van der Waals surface area contributed by atoms with Crippen molar-refractivity contribution in [1.82, 2.24) is 14.8 Å². The van der Waals surface area contributed by atoms with Crippen molar-refractivity contribution >= 4 is 22.9 Å². The third-order valence-corrected chi connectivity index (χ3v) is 4.58. The van der Waals surface area contributed by atoms with Crippen LogP contribution in [0.4, 0.5) is 4.79 Å². The highest BCUT2D eigenvalue weighted by Gasteiger charge is 2.39. The van der Waals surface area contributed by atoms with E-state index in [0.717, 1.165) is 16.5 Å².